The maximum Gasteiger partial charge on any atom is 0.303 e. The van der Waals surface area contributed by atoms with Crippen LogP contribution in [-0.2, 0) is 20.9 Å². The van der Waals surface area contributed by atoms with Gasteiger partial charge in [-0.1, -0.05) is 12.1 Å². The Balaban J connectivity index is 1.78. The fourth-order valence-corrected chi connectivity index (χ4v) is 4.99. The SMILES string of the molecule is COCC[C@]1(C)C(=O)N(C)c2cc3c(N[C@H](C)c4cccc(C(F)(F)C(C)(C)O)c4F)nc(C)nc3cc21. The van der Waals surface area contributed by atoms with Crippen molar-refractivity contribution in [3.8, 4) is 0 Å². The molecule has 7 nitrogen and oxygen atoms in total. The Bertz CT molecular complexity index is 1410. The van der Waals surface area contributed by atoms with Gasteiger partial charge in [0, 0.05) is 37.4 Å². The van der Waals surface area contributed by atoms with Gasteiger partial charge >= 0.3 is 5.92 Å². The van der Waals surface area contributed by atoms with Gasteiger partial charge in [-0.25, -0.2) is 14.4 Å². The number of amides is 1. The molecule has 0 radical (unpaired) electrons. The van der Waals surface area contributed by atoms with Crippen molar-refractivity contribution in [1.29, 1.82) is 0 Å². The minimum absolute atomic E-state index is 0.00330. The topological polar surface area (TPSA) is 87.6 Å². The molecule has 2 N–H and O–H groups in total. The number of carbonyl (C=O) groups excluding carboxylic acids is 1. The maximum atomic E-state index is 15.4. The summed E-state index contributed by atoms with van der Waals surface area (Å²) in [4.78, 5) is 23.9. The van der Waals surface area contributed by atoms with Crippen molar-refractivity contribution in [1.82, 2.24) is 9.97 Å². The third kappa shape index (κ3) is 4.39. The number of nitrogens with zero attached hydrogens (tertiary/aromatic N) is 3. The molecule has 38 heavy (non-hydrogen) atoms. The number of anilines is 2. The van der Waals surface area contributed by atoms with Crippen LogP contribution in [0.2, 0.25) is 0 Å². The zero-order valence-corrected chi connectivity index (χ0v) is 22.6. The van der Waals surface area contributed by atoms with E-state index in [0.717, 1.165) is 25.5 Å². The monoisotopic (exact) mass is 530 g/mol. The summed E-state index contributed by atoms with van der Waals surface area (Å²) < 4.78 is 50.3. The molecule has 0 bridgehead atoms. The molecule has 1 aromatic heterocycles. The van der Waals surface area contributed by atoms with E-state index in [2.05, 4.69) is 15.3 Å². The van der Waals surface area contributed by atoms with Gasteiger partial charge in [0.2, 0.25) is 5.91 Å². The Labute approximate surface area is 220 Å². The Hall–Kier alpha value is -3.24. The fraction of sp³-hybridized carbons (Fsp3) is 0.464. The van der Waals surface area contributed by atoms with E-state index in [-0.39, 0.29) is 11.5 Å². The number of nitrogens with one attached hydrogen (secondary N) is 1. The molecule has 1 aliphatic heterocycles. The van der Waals surface area contributed by atoms with Crippen LogP contribution in [0.15, 0.2) is 30.3 Å². The minimum atomic E-state index is -3.81. The van der Waals surface area contributed by atoms with E-state index in [4.69, 9.17) is 4.74 Å². The van der Waals surface area contributed by atoms with E-state index in [1.807, 2.05) is 19.1 Å². The summed E-state index contributed by atoms with van der Waals surface area (Å²) in [5.74, 6) is -4.13. The van der Waals surface area contributed by atoms with E-state index in [0.29, 0.717) is 41.3 Å². The van der Waals surface area contributed by atoms with Gasteiger partial charge in [0.25, 0.3) is 0 Å². The lowest BCUT2D eigenvalue weighted by Gasteiger charge is -2.30. The number of ether oxygens (including phenoxy) is 1. The van der Waals surface area contributed by atoms with Crippen LogP contribution in [0, 0.1) is 12.7 Å². The highest BCUT2D eigenvalue weighted by atomic mass is 19.3. The summed E-state index contributed by atoms with van der Waals surface area (Å²) in [6, 6.07) is 6.66. The van der Waals surface area contributed by atoms with Gasteiger partial charge in [-0.2, -0.15) is 8.78 Å². The Morgan fingerprint density at radius 1 is 1.24 bits per heavy atom. The van der Waals surface area contributed by atoms with Crippen LogP contribution in [0.3, 0.4) is 0 Å². The Morgan fingerprint density at radius 2 is 1.92 bits per heavy atom. The van der Waals surface area contributed by atoms with Crippen molar-refractivity contribution < 1.29 is 27.8 Å². The third-order valence-electron chi connectivity index (χ3n) is 7.42. The molecule has 0 unspecified atom stereocenters. The number of carbonyl (C=O) groups is 1. The molecule has 0 fully saturated rings. The van der Waals surface area contributed by atoms with Crippen molar-refractivity contribution in [2.75, 3.05) is 31.0 Å². The average Bonchev–Trinajstić information content (AvgIpc) is 3.01. The maximum absolute atomic E-state index is 15.4. The smallest absolute Gasteiger partial charge is 0.303 e. The zero-order valence-electron chi connectivity index (χ0n) is 22.6. The number of benzene rings is 2. The summed E-state index contributed by atoms with van der Waals surface area (Å²) in [5.41, 5.74) is -1.97. The first-order valence-electron chi connectivity index (χ1n) is 12.4. The number of aryl methyl sites for hydroxylation is 1. The third-order valence-corrected chi connectivity index (χ3v) is 7.42. The average molecular weight is 531 g/mol. The fourth-order valence-electron chi connectivity index (χ4n) is 4.99. The standard InChI is InChI=1S/C28H33F3N4O3/c1-15(17-9-8-10-19(23(17)29)28(30,31)26(3,4)37)32-24-18-13-22-20(14-21(18)33-16(2)34-24)27(5,11-12-38-7)25(36)35(22)6/h8-10,13-15,37H,11-12H2,1-7H3,(H,32,33,34)/t15-,27+/m1/s1. The Morgan fingerprint density at radius 3 is 2.55 bits per heavy atom. The molecule has 1 aliphatic rings. The second kappa shape index (κ2) is 9.50. The van der Waals surface area contributed by atoms with Crippen LogP contribution in [0.5, 0.6) is 0 Å². The highest BCUT2D eigenvalue weighted by Crippen LogP contribution is 2.46. The lowest BCUT2D eigenvalue weighted by molar-refractivity contribution is -0.170. The van der Waals surface area contributed by atoms with Gasteiger partial charge in [-0.3, -0.25) is 4.79 Å². The van der Waals surface area contributed by atoms with Crippen LogP contribution >= 0.6 is 0 Å². The van der Waals surface area contributed by atoms with Gasteiger partial charge in [0.05, 0.1) is 22.5 Å². The van der Waals surface area contributed by atoms with Gasteiger partial charge in [0.15, 0.2) is 0 Å². The number of likely N-dealkylation sites (N-methyl/N-ethyl adjacent to an activating group) is 1. The molecule has 0 saturated carbocycles. The summed E-state index contributed by atoms with van der Waals surface area (Å²) in [6.07, 6.45) is 0.502. The van der Waals surface area contributed by atoms with Crippen LogP contribution < -0.4 is 10.2 Å². The number of alkyl halides is 2. The van der Waals surface area contributed by atoms with Gasteiger partial charge < -0.3 is 20.1 Å². The van der Waals surface area contributed by atoms with E-state index >= 15 is 4.39 Å². The quantitative estimate of drug-likeness (QED) is 0.407. The molecule has 0 aliphatic carbocycles. The molecule has 0 spiro atoms. The lowest BCUT2D eigenvalue weighted by Crippen LogP contribution is -2.41. The number of rotatable bonds is 8. The highest BCUT2D eigenvalue weighted by Gasteiger charge is 2.49. The van der Waals surface area contributed by atoms with Gasteiger partial charge in [0.1, 0.15) is 23.1 Å². The normalized spacial score (nSPS) is 18.7. The summed E-state index contributed by atoms with van der Waals surface area (Å²) in [6.45, 7) is 7.54. The number of fused-ring (bicyclic) bond motifs is 2. The van der Waals surface area contributed by atoms with Crippen LogP contribution in [-0.4, -0.2) is 47.3 Å². The van der Waals surface area contributed by atoms with E-state index in [1.54, 1.807) is 32.9 Å². The number of hydrogen-bond donors (Lipinski definition) is 2. The van der Waals surface area contributed by atoms with Crippen molar-refractivity contribution in [2.45, 2.75) is 64.0 Å². The number of aliphatic hydroxyl groups is 1. The molecule has 3 aromatic rings. The van der Waals surface area contributed by atoms with Crippen molar-refractivity contribution in [3.63, 3.8) is 0 Å². The summed E-state index contributed by atoms with van der Waals surface area (Å²) in [7, 11) is 3.30. The number of aromatic nitrogens is 2. The summed E-state index contributed by atoms with van der Waals surface area (Å²) >= 11 is 0. The predicted molar refractivity (Wildman–Crippen MR) is 140 cm³/mol. The van der Waals surface area contributed by atoms with Crippen molar-refractivity contribution in [3.05, 3.63) is 58.7 Å². The number of hydrogen-bond acceptors (Lipinski definition) is 6. The highest BCUT2D eigenvalue weighted by molar-refractivity contribution is 6.10. The molecule has 204 valence electrons. The molecule has 1 amide bonds. The first kappa shape index (κ1) is 27.8. The number of halogens is 3. The first-order chi connectivity index (χ1) is 17.6. The predicted octanol–water partition coefficient (Wildman–Crippen LogP) is 5.38. The molecule has 2 atom stereocenters. The van der Waals surface area contributed by atoms with Crippen LogP contribution in [0.25, 0.3) is 10.9 Å². The van der Waals surface area contributed by atoms with E-state index in [1.165, 1.54) is 12.1 Å². The van der Waals surface area contributed by atoms with Crippen molar-refractivity contribution >= 4 is 28.3 Å². The van der Waals surface area contributed by atoms with E-state index in [9.17, 15) is 18.7 Å². The molecule has 0 saturated heterocycles. The lowest BCUT2D eigenvalue weighted by atomic mass is 9.80. The first-order valence-corrected chi connectivity index (χ1v) is 12.4. The zero-order chi connectivity index (χ0) is 28.2. The molecular weight excluding hydrogens is 497 g/mol. The number of methoxy groups -OCH3 is 1. The molecule has 10 heteroatoms. The van der Waals surface area contributed by atoms with Crippen molar-refractivity contribution in [2.24, 2.45) is 0 Å². The summed E-state index contributed by atoms with van der Waals surface area (Å²) in [5, 5.41) is 13.7. The van der Waals surface area contributed by atoms with Crippen LogP contribution in [0.1, 0.15) is 62.7 Å². The molecule has 2 heterocycles. The molecule has 2 aromatic carbocycles. The van der Waals surface area contributed by atoms with Crippen LogP contribution in [0.4, 0.5) is 24.7 Å². The Kier molecular flexibility index (Phi) is 6.95. The van der Waals surface area contributed by atoms with Gasteiger partial charge in [-0.15, -0.1) is 0 Å². The second-order valence-electron chi connectivity index (χ2n) is 10.7. The molecular formula is C28H33F3N4O3. The minimum Gasteiger partial charge on any atom is -0.385 e. The van der Waals surface area contributed by atoms with Gasteiger partial charge in [-0.05, 0) is 64.8 Å². The largest absolute Gasteiger partial charge is 0.385 e. The van der Waals surface area contributed by atoms with E-state index < -0.39 is 34.4 Å². The molecule has 4 rings (SSSR count). The second-order valence-corrected chi connectivity index (χ2v) is 10.7.